The summed E-state index contributed by atoms with van der Waals surface area (Å²) in [7, 11) is 1.90. The fraction of sp³-hybridized carbons (Fsp3) is 0.182. The zero-order valence-electron chi connectivity index (χ0n) is 8.68. The summed E-state index contributed by atoms with van der Waals surface area (Å²) in [6.07, 6.45) is 3.78. The average Bonchev–Trinajstić information content (AvgIpc) is 2.59. The second-order valence-corrected chi connectivity index (χ2v) is 4.06. The number of hydrogen-bond donors (Lipinski definition) is 0. The Kier molecular flexibility index (Phi) is 3.02. The molecular weight excluding hydrogens is 268 g/mol. The monoisotopic (exact) mass is 276 g/mol. The van der Waals surface area contributed by atoms with Gasteiger partial charge >= 0.3 is 0 Å². The first kappa shape index (κ1) is 10.8. The lowest BCUT2D eigenvalue weighted by Crippen LogP contribution is -1.92. The van der Waals surface area contributed by atoms with Gasteiger partial charge in [0.1, 0.15) is 10.4 Å². The number of aromatic nitrogens is 3. The predicted octanol–water partition coefficient (Wildman–Crippen LogP) is 2.31. The number of imidazole rings is 1. The second kappa shape index (κ2) is 4.45. The zero-order valence-corrected chi connectivity index (χ0v) is 10.3. The zero-order chi connectivity index (χ0) is 11.5. The highest BCUT2D eigenvalue weighted by Gasteiger charge is 2.13. The molecule has 0 atom stereocenters. The molecule has 0 unspecified atom stereocenters. The van der Waals surface area contributed by atoms with Crippen LogP contribution in [0.1, 0.15) is 5.69 Å². The highest BCUT2D eigenvalue weighted by molar-refractivity contribution is 9.10. The number of nitrogens with zero attached hydrogens (tertiary/aromatic N) is 4. The van der Waals surface area contributed by atoms with Gasteiger partial charge in [-0.1, -0.05) is 0 Å². The number of pyridine rings is 1. The third kappa shape index (κ3) is 1.84. The number of halogens is 1. The van der Waals surface area contributed by atoms with Gasteiger partial charge in [-0.25, -0.2) is 4.98 Å². The summed E-state index contributed by atoms with van der Waals surface area (Å²) in [5, 5.41) is 8.68. The van der Waals surface area contributed by atoms with Crippen molar-refractivity contribution in [3.8, 4) is 17.5 Å². The maximum Gasteiger partial charge on any atom is 0.142 e. The van der Waals surface area contributed by atoms with E-state index < -0.39 is 0 Å². The van der Waals surface area contributed by atoms with Crippen LogP contribution in [0.15, 0.2) is 29.1 Å². The summed E-state index contributed by atoms with van der Waals surface area (Å²) >= 11 is 3.43. The van der Waals surface area contributed by atoms with Gasteiger partial charge in [0.05, 0.1) is 18.2 Å². The Morgan fingerprint density at radius 2 is 2.38 bits per heavy atom. The molecule has 0 aliphatic rings. The molecule has 2 rings (SSSR count). The van der Waals surface area contributed by atoms with Crippen molar-refractivity contribution in [2.45, 2.75) is 6.42 Å². The van der Waals surface area contributed by atoms with E-state index in [1.807, 2.05) is 23.7 Å². The Balaban J connectivity index is 2.52. The van der Waals surface area contributed by atoms with Gasteiger partial charge in [-0.15, -0.1) is 0 Å². The number of rotatable bonds is 2. The van der Waals surface area contributed by atoms with Gasteiger partial charge in [-0.05, 0) is 28.1 Å². The Bertz CT molecular complexity index is 539. The van der Waals surface area contributed by atoms with E-state index in [9.17, 15) is 0 Å². The Hall–Kier alpha value is -1.67. The van der Waals surface area contributed by atoms with Crippen molar-refractivity contribution in [2.75, 3.05) is 0 Å². The molecule has 2 aromatic rings. The molecule has 80 valence electrons. The van der Waals surface area contributed by atoms with Gasteiger partial charge in [-0.3, -0.25) is 4.98 Å². The van der Waals surface area contributed by atoms with Gasteiger partial charge < -0.3 is 4.57 Å². The smallest absolute Gasteiger partial charge is 0.142 e. The molecule has 0 aromatic carbocycles. The first-order valence-corrected chi connectivity index (χ1v) is 5.51. The Labute approximate surface area is 102 Å². The predicted molar refractivity (Wildman–Crippen MR) is 63.5 cm³/mol. The molecule has 0 saturated heterocycles. The molecule has 0 spiro atoms. The molecule has 0 N–H and O–H groups in total. The topological polar surface area (TPSA) is 54.5 Å². The van der Waals surface area contributed by atoms with Crippen LogP contribution in [0, 0.1) is 11.3 Å². The van der Waals surface area contributed by atoms with Crippen LogP contribution in [0.25, 0.3) is 11.4 Å². The summed E-state index contributed by atoms with van der Waals surface area (Å²) in [6.45, 7) is 0. The lowest BCUT2D eigenvalue weighted by molar-refractivity contribution is 0.897. The highest BCUT2D eigenvalue weighted by atomic mass is 79.9. The molecule has 0 saturated carbocycles. The standard InChI is InChI=1S/C11H9BrN4/c1-16-10(12)9(4-5-13)15-11(16)8-3-2-6-14-7-8/h2-3,6-7H,4H2,1H3. The van der Waals surface area contributed by atoms with E-state index in [0.717, 1.165) is 21.7 Å². The van der Waals surface area contributed by atoms with Crippen LogP contribution in [0.4, 0.5) is 0 Å². The summed E-state index contributed by atoms with van der Waals surface area (Å²) < 4.78 is 2.75. The molecule has 0 aliphatic carbocycles. The maximum atomic E-state index is 8.68. The van der Waals surface area contributed by atoms with Crippen LogP contribution < -0.4 is 0 Å². The molecule has 0 aliphatic heterocycles. The lowest BCUT2D eigenvalue weighted by atomic mass is 10.3. The second-order valence-electron chi connectivity index (χ2n) is 3.31. The fourth-order valence-electron chi connectivity index (χ4n) is 1.48. The maximum absolute atomic E-state index is 8.68. The number of nitriles is 1. The highest BCUT2D eigenvalue weighted by Crippen LogP contribution is 2.24. The molecule has 0 bridgehead atoms. The van der Waals surface area contributed by atoms with E-state index in [-0.39, 0.29) is 0 Å². The van der Waals surface area contributed by atoms with E-state index in [1.165, 1.54) is 0 Å². The van der Waals surface area contributed by atoms with Crippen molar-refractivity contribution in [3.63, 3.8) is 0 Å². The fourth-order valence-corrected chi connectivity index (χ4v) is 1.87. The molecular formula is C11H9BrN4. The quantitative estimate of drug-likeness (QED) is 0.846. The minimum absolute atomic E-state index is 0.300. The third-order valence-electron chi connectivity index (χ3n) is 2.26. The molecule has 0 radical (unpaired) electrons. The van der Waals surface area contributed by atoms with Crippen molar-refractivity contribution in [2.24, 2.45) is 7.05 Å². The van der Waals surface area contributed by atoms with Crippen molar-refractivity contribution in [3.05, 3.63) is 34.8 Å². The van der Waals surface area contributed by atoms with E-state index in [0.29, 0.717) is 6.42 Å². The molecule has 2 aromatic heterocycles. The van der Waals surface area contributed by atoms with Crippen LogP contribution in [0.2, 0.25) is 0 Å². The van der Waals surface area contributed by atoms with Gasteiger partial charge in [0.15, 0.2) is 0 Å². The lowest BCUT2D eigenvalue weighted by Gasteiger charge is -2.00. The Morgan fingerprint density at radius 1 is 1.56 bits per heavy atom. The average molecular weight is 277 g/mol. The largest absolute Gasteiger partial charge is 0.322 e. The van der Waals surface area contributed by atoms with Crippen LogP contribution >= 0.6 is 15.9 Å². The molecule has 5 heteroatoms. The summed E-state index contributed by atoms with van der Waals surface area (Å²) in [6, 6.07) is 5.90. The minimum Gasteiger partial charge on any atom is -0.322 e. The minimum atomic E-state index is 0.300. The van der Waals surface area contributed by atoms with E-state index in [4.69, 9.17) is 5.26 Å². The molecule has 4 nitrogen and oxygen atoms in total. The normalized spacial score (nSPS) is 10.1. The molecule has 2 heterocycles. The molecule has 0 amide bonds. The van der Waals surface area contributed by atoms with Gasteiger partial charge in [0.25, 0.3) is 0 Å². The van der Waals surface area contributed by atoms with E-state index >= 15 is 0 Å². The first-order valence-electron chi connectivity index (χ1n) is 4.72. The van der Waals surface area contributed by atoms with Crippen LogP contribution in [0.3, 0.4) is 0 Å². The molecule has 0 fully saturated rings. The summed E-state index contributed by atoms with van der Waals surface area (Å²) in [4.78, 5) is 8.48. The van der Waals surface area contributed by atoms with Gasteiger partial charge in [0.2, 0.25) is 0 Å². The Morgan fingerprint density at radius 3 is 3.00 bits per heavy atom. The van der Waals surface area contributed by atoms with Crippen LogP contribution in [0.5, 0.6) is 0 Å². The van der Waals surface area contributed by atoms with E-state index in [1.54, 1.807) is 12.4 Å². The molecule has 16 heavy (non-hydrogen) atoms. The van der Waals surface area contributed by atoms with Gasteiger partial charge in [0, 0.05) is 25.0 Å². The van der Waals surface area contributed by atoms with Gasteiger partial charge in [-0.2, -0.15) is 5.26 Å². The van der Waals surface area contributed by atoms with Crippen LogP contribution in [-0.2, 0) is 13.5 Å². The van der Waals surface area contributed by atoms with Crippen molar-refractivity contribution in [1.82, 2.24) is 14.5 Å². The third-order valence-corrected chi connectivity index (χ3v) is 3.25. The summed E-state index contributed by atoms with van der Waals surface area (Å²) in [5.41, 5.74) is 1.69. The van der Waals surface area contributed by atoms with Crippen molar-refractivity contribution >= 4 is 15.9 Å². The first-order chi connectivity index (χ1) is 7.74. The number of hydrogen-bond acceptors (Lipinski definition) is 3. The van der Waals surface area contributed by atoms with E-state index in [2.05, 4.69) is 32.0 Å². The summed E-state index contributed by atoms with van der Waals surface area (Å²) in [5.74, 6) is 0.810. The SMILES string of the molecule is Cn1c(-c2cccnc2)nc(CC#N)c1Br. The van der Waals surface area contributed by atoms with Crippen molar-refractivity contribution in [1.29, 1.82) is 5.26 Å². The van der Waals surface area contributed by atoms with Crippen LogP contribution in [-0.4, -0.2) is 14.5 Å². The van der Waals surface area contributed by atoms with Crippen molar-refractivity contribution < 1.29 is 0 Å².